The summed E-state index contributed by atoms with van der Waals surface area (Å²) in [5, 5.41) is 7.34. The Hall–Kier alpha value is -0.770. The number of halogens is 2. The molecule has 0 aromatic heterocycles. The van der Waals surface area contributed by atoms with Gasteiger partial charge < -0.3 is 20.1 Å². The van der Waals surface area contributed by atoms with Crippen LogP contribution >= 0.6 is 35.6 Å². The Kier molecular flexibility index (Phi) is 10.6. The van der Waals surface area contributed by atoms with E-state index >= 15 is 0 Å². The molecule has 0 unspecified atom stereocenters. The molecule has 1 saturated heterocycles. The standard InChI is InChI=1S/C18H29ClN4O2.HI/c1-18(2,23-8-11-24-12-9-23)14-22-17(20-3)21-7-10-25-16-6-4-5-15(19)13-16;/h4-6,13H,7-12,14H2,1-3H3,(H2,20,21,22);1H. The van der Waals surface area contributed by atoms with Crippen LogP contribution in [0, 0.1) is 0 Å². The van der Waals surface area contributed by atoms with Crippen LogP contribution in [0.1, 0.15) is 13.8 Å². The number of aliphatic imine (C=N–C) groups is 1. The average molecular weight is 497 g/mol. The summed E-state index contributed by atoms with van der Waals surface area (Å²) < 4.78 is 11.1. The van der Waals surface area contributed by atoms with E-state index in [1.54, 1.807) is 13.1 Å². The molecule has 6 nitrogen and oxygen atoms in total. The number of nitrogens with zero attached hydrogens (tertiary/aromatic N) is 2. The molecule has 2 N–H and O–H groups in total. The zero-order valence-electron chi connectivity index (χ0n) is 15.8. The first-order chi connectivity index (χ1) is 12.0. The topological polar surface area (TPSA) is 58.1 Å². The zero-order valence-corrected chi connectivity index (χ0v) is 18.8. The first-order valence-corrected chi connectivity index (χ1v) is 9.05. The lowest BCUT2D eigenvalue weighted by molar-refractivity contribution is -0.00834. The van der Waals surface area contributed by atoms with Crippen LogP contribution in [0.25, 0.3) is 0 Å². The van der Waals surface area contributed by atoms with Crippen LogP contribution in [0.5, 0.6) is 5.75 Å². The molecule has 0 aliphatic carbocycles. The van der Waals surface area contributed by atoms with Gasteiger partial charge in [-0.05, 0) is 32.0 Å². The second-order valence-electron chi connectivity index (χ2n) is 6.57. The first-order valence-electron chi connectivity index (χ1n) is 8.67. The minimum absolute atomic E-state index is 0. The Morgan fingerprint density at radius 1 is 1.31 bits per heavy atom. The zero-order chi connectivity index (χ0) is 18.1. The number of nitrogens with one attached hydrogen (secondary N) is 2. The SMILES string of the molecule is CN=C(NCCOc1cccc(Cl)c1)NCC(C)(C)N1CCOCC1.I. The summed E-state index contributed by atoms with van der Waals surface area (Å²) in [5.74, 6) is 1.54. The summed E-state index contributed by atoms with van der Waals surface area (Å²) in [6.07, 6.45) is 0. The quantitative estimate of drug-likeness (QED) is 0.263. The second kappa shape index (κ2) is 11.8. The molecule has 1 aromatic carbocycles. The van der Waals surface area contributed by atoms with Gasteiger partial charge in [-0.25, -0.2) is 0 Å². The maximum Gasteiger partial charge on any atom is 0.191 e. The van der Waals surface area contributed by atoms with Crippen molar-refractivity contribution < 1.29 is 9.47 Å². The van der Waals surface area contributed by atoms with E-state index in [1.165, 1.54) is 0 Å². The Balaban J connectivity index is 0.00000338. The van der Waals surface area contributed by atoms with Crippen LogP contribution in [0.15, 0.2) is 29.3 Å². The van der Waals surface area contributed by atoms with Gasteiger partial charge in [0.25, 0.3) is 0 Å². The number of ether oxygens (including phenoxy) is 2. The van der Waals surface area contributed by atoms with E-state index in [-0.39, 0.29) is 29.5 Å². The average Bonchev–Trinajstić information content (AvgIpc) is 2.62. The fourth-order valence-electron chi connectivity index (χ4n) is 2.70. The lowest BCUT2D eigenvalue weighted by Crippen LogP contribution is -2.56. The molecule has 1 aromatic rings. The Morgan fingerprint density at radius 2 is 2.04 bits per heavy atom. The van der Waals surface area contributed by atoms with Gasteiger partial charge >= 0.3 is 0 Å². The van der Waals surface area contributed by atoms with Crippen molar-refractivity contribution in [3.8, 4) is 5.75 Å². The minimum Gasteiger partial charge on any atom is -0.492 e. The third-order valence-electron chi connectivity index (χ3n) is 4.24. The molecule has 8 heteroatoms. The van der Waals surface area contributed by atoms with Gasteiger partial charge in [0.1, 0.15) is 12.4 Å². The maximum absolute atomic E-state index is 5.94. The predicted molar refractivity (Wildman–Crippen MR) is 118 cm³/mol. The second-order valence-corrected chi connectivity index (χ2v) is 7.01. The summed E-state index contributed by atoms with van der Waals surface area (Å²) in [4.78, 5) is 6.71. The van der Waals surface area contributed by atoms with E-state index in [0.29, 0.717) is 18.2 Å². The lowest BCUT2D eigenvalue weighted by Gasteiger charge is -2.41. The molecular formula is C18H30ClIN4O2. The van der Waals surface area contributed by atoms with E-state index in [9.17, 15) is 0 Å². The summed E-state index contributed by atoms with van der Waals surface area (Å²) in [6, 6.07) is 7.40. The van der Waals surface area contributed by atoms with Crippen LogP contribution in [-0.2, 0) is 4.74 Å². The minimum atomic E-state index is 0. The van der Waals surface area contributed by atoms with Crippen molar-refractivity contribution in [1.29, 1.82) is 0 Å². The lowest BCUT2D eigenvalue weighted by atomic mass is 10.0. The smallest absolute Gasteiger partial charge is 0.191 e. The third kappa shape index (κ3) is 7.85. The largest absolute Gasteiger partial charge is 0.492 e. The van der Waals surface area contributed by atoms with Crippen LogP contribution in [0.3, 0.4) is 0 Å². The molecule has 1 fully saturated rings. The number of hydrogen-bond acceptors (Lipinski definition) is 4. The molecule has 0 spiro atoms. The van der Waals surface area contributed by atoms with Crippen LogP contribution in [-0.4, -0.2) is 69.4 Å². The van der Waals surface area contributed by atoms with Crippen molar-refractivity contribution in [2.75, 3.05) is 53.0 Å². The van der Waals surface area contributed by atoms with Crippen molar-refractivity contribution in [2.45, 2.75) is 19.4 Å². The van der Waals surface area contributed by atoms with Crippen molar-refractivity contribution in [2.24, 2.45) is 4.99 Å². The summed E-state index contributed by atoms with van der Waals surface area (Å²) in [5.41, 5.74) is 0.0404. The van der Waals surface area contributed by atoms with Gasteiger partial charge in [0.05, 0.1) is 19.8 Å². The molecule has 148 valence electrons. The van der Waals surface area contributed by atoms with Crippen molar-refractivity contribution in [3.05, 3.63) is 29.3 Å². The highest BCUT2D eigenvalue weighted by molar-refractivity contribution is 14.0. The maximum atomic E-state index is 5.94. The van der Waals surface area contributed by atoms with Gasteiger partial charge in [0.15, 0.2) is 5.96 Å². The van der Waals surface area contributed by atoms with Gasteiger partial charge in [-0.1, -0.05) is 17.7 Å². The molecule has 0 saturated carbocycles. The highest BCUT2D eigenvalue weighted by Gasteiger charge is 2.28. The molecule has 0 bridgehead atoms. The Bertz CT molecular complexity index is 566. The fraction of sp³-hybridized carbons (Fsp3) is 0.611. The van der Waals surface area contributed by atoms with Gasteiger partial charge in [0, 0.05) is 37.2 Å². The normalized spacial score (nSPS) is 15.9. The molecule has 1 aliphatic heterocycles. The number of hydrogen-bond donors (Lipinski definition) is 2. The van der Waals surface area contributed by atoms with Crippen LogP contribution in [0.4, 0.5) is 0 Å². The highest BCUT2D eigenvalue weighted by atomic mass is 127. The molecule has 26 heavy (non-hydrogen) atoms. The molecule has 0 amide bonds. The van der Waals surface area contributed by atoms with Crippen molar-refractivity contribution in [3.63, 3.8) is 0 Å². The summed E-state index contributed by atoms with van der Waals surface area (Å²) in [7, 11) is 1.77. The number of guanidine groups is 1. The van der Waals surface area contributed by atoms with E-state index in [1.807, 2.05) is 18.2 Å². The fourth-order valence-corrected chi connectivity index (χ4v) is 2.88. The predicted octanol–water partition coefficient (Wildman–Crippen LogP) is 2.61. The third-order valence-corrected chi connectivity index (χ3v) is 4.47. The Labute approximate surface area is 178 Å². The van der Waals surface area contributed by atoms with Crippen LogP contribution < -0.4 is 15.4 Å². The summed E-state index contributed by atoms with van der Waals surface area (Å²) >= 11 is 5.94. The van der Waals surface area contributed by atoms with E-state index in [2.05, 4.69) is 34.4 Å². The molecule has 1 heterocycles. The number of benzene rings is 1. The number of morpholine rings is 1. The van der Waals surface area contributed by atoms with E-state index in [0.717, 1.165) is 44.6 Å². The van der Waals surface area contributed by atoms with Crippen LogP contribution in [0.2, 0.25) is 5.02 Å². The molecule has 1 aliphatic rings. The van der Waals surface area contributed by atoms with Gasteiger partial charge in [-0.2, -0.15) is 0 Å². The van der Waals surface area contributed by atoms with Gasteiger partial charge in [-0.3, -0.25) is 9.89 Å². The molecule has 2 rings (SSSR count). The Morgan fingerprint density at radius 3 is 2.69 bits per heavy atom. The van der Waals surface area contributed by atoms with E-state index in [4.69, 9.17) is 21.1 Å². The van der Waals surface area contributed by atoms with E-state index < -0.39 is 0 Å². The number of rotatable bonds is 7. The highest BCUT2D eigenvalue weighted by Crippen LogP contribution is 2.17. The van der Waals surface area contributed by atoms with Crippen molar-refractivity contribution in [1.82, 2.24) is 15.5 Å². The molecule has 0 radical (unpaired) electrons. The van der Waals surface area contributed by atoms with Gasteiger partial charge in [0.2, 0.25) is 0 Å². The molecular weight excluding hydrogens is 467 g/mol. The van der Waals surface area contributed by atoms with Gasteiger partial charge in [-0.15, -0.1) is 24.0 Å². The monoisotopic (exact) mass is 496 g/mol. The first kappa shape index (κ1) is 23.3. The van der Waals surface area contributed by atoms with Crippen molar-refractivity contribution >= 4 is 41.5 Å². The molecule has 0 atom stereocenters. The summed E-state index contributed by atoms with van der Waals surface area (Å²) in [6.45, 7) is 10.0.